The highest BCUT2D eigenvalue weighted by molar-refractivity contribution is 14.1. The second-order valence-electron chi connectivity index (χ2n) is 2.88. The summed E-state index contributed by atoms with van der Waals surface area (Å²) in [5, 5.41) is 12.2. The summed E-state index contributed by atoms with van der Waals surface area (Å²) < 4.78 is 7.54. The second-order valence-corrected chi connectivity index (χ2v) is 4.84. The van der Waals surface area contributed by atoms with Crippen LogP contribution in [-0.2, 0) is 6.61 Å². The smallest absolute Gasteiger partial charge is 0.133 e. The van der Waals surface area contributed by atoms with E-state index in [1.54, 1.807) is 18.4 Å². The summed E-state index contributed by atoms with van der Waals surface area (Å²) in [7, 11) is 1.67. The molecule has 2 rings (SSSR count). The third kappa shape index (κ3) is 1.51. The molecule has 0 fully saturated rings. The van der Waals surface area contributed by atoms with E-state index in [-0.39, 0.29) is 6.61 Å². The number of benzene rings is 1. The zero-order valence-corrected chi connectivity index (χ0v) is 10.6. The van der Waals surface area contributed by atoms with E-state index in [2.05, 4.69) is 22.6 Å². The standard InChI is InChI=1S/C10H9IO2S/c1-13-8-3-2-7-6(4-12)5-14-10(7)9(8)11/h2-3,5,12H,4H2,1H3. The van der Waals surface area contributed by atoms with Crippen molar-refractivity contribution in [1.82, 2.24) is 0 Å². The number of hydrogen-bond acceptors (Lipinski definition) is 3. The van der Waals surface area contributed by atoms with Crippen LogP contribution in [0.4, 0.5) is 0 Å². The van der Waals surface area contributed by atoms with E-state index in [1.165, 1.54) is 4.70 Å². The number of halogens is 1. The molecule has 0 saturated carbocycles. The lowest BCUT2D eigenvalue weighted by atomic mass is 10.2. The van der Waals surface area contributed by atoms with Gasteiger partial charge < -0.3 is 9.84 Å². The summed E-state index contributed by atoms with van der Waals surface area (Å²) in [4.78, 5) is 0. The van der Waals surface area contributed by atoms with Gasteiger partial charge in [-0.1, -0.05) is 0 Å². The Morgan fingerprint density at radius 1 is 1.50 bits per heavy atom. The molecule has 1 N–H and O–H groups in total. The molecule has 4 heteroatoms. The minimum absolute atomic E-state index is 0.0996. The van der Waals surface area contributed by atoms with Crippen LogP contribution < -0.4 is 4.74 Å². The Balaban J connectivity index is 2.72. The van der Waals surface area contributed by atoms with Gasteiger partial charge in [-0.3, -0.25) is 0 Å². The molecule has 2 nitrogen and oxygen atoms in total. The topological polar surface area (TPSA) is 29.5 Å². The Morgan fingerprint density at radius 2 is 2.29 bits per heavy atom. The summed E-state index contributed by atoms with van der Waals surface area (Å²) in [5.41, 5.74) is 0.991. The van der Waals surface area contributed by atoms with Gasteiger partial charge in [0.2, 0.25) is 0 Å². The van der Waals surface area contributed by atoms with Crippen molar-refractivity contribution < 1.29 is 9.84 Å². The summed E-state index contributed by atoms with van der Waals surface area (Å²) in [6.07, 6.45) is 0. The third-order valence-corrected chi connectivity index (χ3v) is 4.62. The van der Waals surface area contributed by atoms with E-state index < -0.39 is 0 Å². The molecule has 1 aromatic heterocycles. The van der Waals surface area contributed by atoms with Gasteiger partial charge in [0.05, 0.1) is 22.0 Å². The van der Waals surface area contributed by atoms with Crippen LogP contribution >= 0.6 is 33.9 Å². The number of aliphatic hydroxyl groups is 1. The molecule has 74 valence electrons. The van der Waals surface area contributed by atoms with Crippen LogP contribution in [-0.4, -0.2) is 12.2 Å². The Kier molecular flexibility index (Phi) is 2.94. The lowest BCUT2D eigenvalue weighted by Gasteiger charge is -2.03. The molecule has 14 heavy (non-hydrogen) atoms. The molecule has 0 saturated heterocycles. The minimum Gasteiger partial charge on any atom is -0.496 e. The Morgan fingerprint density at radius 3 is 2.93 bits per heavy atom. The number of hydrogen-bond donors (Lipinski definition) is 1. The fourth-order valence-corrected chi connectivity index (χ4v) is 3.44. The van der Waals surface area contributed by atoms with Crippen LogP contribution in [0.15, 0.2) is 17.5 Å². The van der Waals surface area contributed by atoms with E-state index in [0.717, 1.165) is 20.3 Å². The lowest BCUT2D eigenvalue weighted by Crippen LogP contribution is -1.87. The molecular weight excluding hydrogens is 311 g/mol. The summed E-state index contributed by atoms with van der Waals surface area (Å²) >= 11 is 3.92. The number of methoxy groups -OCH3 is 1. The molecule has 0 unspecified atom stereocenters. The van der Waals surface area contributed by atoms with Gasteiger partial charge in [-0.25, -0.2) is 0 Å². The molecule has 0 atom stereocenters. The van der Waals surface area contributed by atoms with E-state index in [9.17, 15) is 0 Å². The van der Waals surface area contributed by atoms with Crippen molar-refractivity contribution in [2.75, 3.05) is 7.11 Å². The van der Waals surface area contributed by atoms with Crippen LogP contribution in [0.25, 0.3) is 10.1 Å². The molecule has 0 amide bonds. The first-order valence-electron chi connectivity index (χ1n) is 4.11. The fraction of sp³-hybridized carbons (Fsp3) is 0.200. The molecule has 1 heterocycles. The van der Waals surface area contributed by atoms with Gasteiger partial charge >= 0.3 is 0 Å². The quantitative estimate of drug-likeness (QED) is 0.862. The molecule has 0 aliphatic rings. The number of thiophene rings is 1. The maximum atomic E-state index is 9.11. The number of ether oxygens (including phenoxy) is 1. The molecule has 0 aliphatic heterocycles. The Labute approximate surface area is 99.7 Å². The zero-order valence-electron chi connectivity index (χ0n) is 7.58. The largest absolute Gasteiger partial charge is 0.496 e. The molecule has 2 aromatic rings. The Hall–Kier alpha value is -0.330. The third-order valence-electron chi connectivity index (χ3n) is 2.12. The molecule has 1 aromatic carbocycles. The van der Waals surface area contributed by atoms with Crippen molar-refractivity contribution in [2.45, 2.75) is 6.61 Å². The van der Waals surface area contributed by atoms with Crippen molar-refractivity contribution >= 4 is 44.0 Å². The lowest BCUT2D eigenvalue weighted by molar-refractivity contribution is 0.284. The molecular formula is C10H9IO2S. The van der Waals surface area contributed by atoms with Gasteiger partial charge in [-0.15, -0.1) is 11.3 Å². The number of fused-ring (bicyclic) bond motifs is 1. The molecule has 0 radical (unpaired) electrons. The second kappa shape index (κ2) is 4.04. The highest BCUT2D eigenvalue weighted by Gasteiger charge is 2.09. The number of rotatable bonds is 2. The van der Waals surface area contributed by atoms with E-state index in [0.29, 0.717) is 0 Å². The van der Waals surface area contributed by atoms with Crippen LogP contribution in [0.2, 0.25) is 0 Å². The van der Waals surface area contributed by atoms with Gasteiger partial charge in [0, 0.05) is 0 Å². The summed E-state index contributed by atoms with van der Waals surface area (Å²) in [5.74, 6) is 0.893. The molecule has 0 aliphatic carbocycles. The Bertz CT molecular complexity index is 464. The predicted molar refractivity (Wildman–Crippen MR) is 67.0 cm³/mol. The summed E-state index contributed by atoms with van der Waals surface area (Å²) in [6.45, 7) is 0.0996. The first kappa shape index (κ1) is 10.2. The van der Waals surface area contributed by atoms with Crippen LogP contribution in [0.5, 0.6) is 5.75 Å². The highest BCUT2D eigenvalue weighted by atomic mass is 127. The van der Waals surface area contributed by atoms with Gasteiger partial charge in [-0.2, -0.15) is 0 Å². The zero-order chi connectivity index (χ0) is 10.1. The van der Waals surface area contributed by atoms with Gasteiger partial charge in [0.1, 0.15) is 5.75 Å². The van der Waals surface area contributed by atoms with E-state index >= 15 is 0 Å². The van der Waals surface area contributed by atoms with Crippen LogP contribution in [0.3, 0.4) is 0 Å². The monoisotopic (exact) mass is 320 g/mol. The minimum atomic E-state index is 0.0996. The first-order chi connectivity index (χ1) is 6.77. The maximum Gasteiger partial charge on any atom is 0.133 e. The first-order valence-corrected chi connectivity index (χ1v) is 6.07. The molecule has 0 spiro atoms. The highest BCUT2D eigenvalue weighted by Crippen LogP contribution is 2.35. The number of aliphatic hydroxyl groups excluding tert-OH is 1. The van der Waals surface area contributed by atoms with Gasteiger partial charge in [0.15, 0.2) is 0 Å². The van der Waals surface area contributed by atoms with Crippen molar-refractivity contribution in [3.63, 3.8) is 0 Å². The van der Waals surface area contributed by atoms with Crippen molar-refractivity contribution in [1.29, 1.82) is 0 Å². The summed E-state index contributed by atoms with van der Waals surface area (Å²) in [6, 6.07) is 3.94. The fourth-order valence-electron chi connectivity index (χ4n) is 1.38. The van der Waals surface area contributed by atoms with Crippen molar-refractivity contribution in [2.24, 2.45) is 0 Å². The van der Waals surface area contributed by atoms with Crippen LogP contribution in [0.1, 0.15) is 5.56 Å². The maximum absolute atomic E-state index is 9.11. The normalized spacial score (nSPS) is 10.8. The van der Waals surface area contributed by atoms with Gasteiger partial charge in [0.25, 0.3) is 0 Å². The van der Waals surface area contributed by atoms with E-state index in [1.807, 2.05) is 17.5 Å². The van der Waals surface area contributed by atoms with Crippen molar-refractivity contribution in [3.05, 3.63) is 26.6 Å². The van der Waals surface area contributed by atoms with Gasteiger partial charge in [-0.05, 0) is 51.1 Å². The molecule has 0 bridgehead atoms. The predicted octanol–water partition coefficient (Wildman–Crippen LogP) is 3.01. The SMILES string of the molecule is COc1ccc2c(CO)csc2c1I. The van der Waals surface area contributed by atoms with Crippen LogP contribution in [0, 0.1) is 3.57 Å². The average Bonchev–Trinajstić information content (AvgIpc) is 2.62. The van der Waals surface area contributed by atoms with Crippen molar-refractivity contribution in [3.8, 4) is 5.75 Å². The average molecular weight is 320 g/mol. The van der Waals surface area contributed by atoms with E-state index in [4.69, 9.17) is 9.84 Å².